The maximum absolute atomic E-state index is 14.0. The molecule has 0 saturated carbocycles. The predicted molar refractivity (Wildman–Crippen MR) is 68.1 cm³/mol. The Labute approximate surface area is 102 Å². The molecule has 1 aliphatic heterocycles. The normalized spacial score (nSPS) is 17.1. The van der Waals surface area contributed by atoms with Gasteiger partial charge in [0.05, 0.1) is 6.10 Å². The second-order valence-electron chi connectivity index (χ2n) is 5.68. The Hall–Kier alpha value is -1.09. The second kappa shape index (κ2) is 4.30. The maximum atomic E-state index is 14.0. The van der Waals surface area contributed by atoms with Gasteiger partial charge in [0, 0.05) is 25.9 Å². The van der Waals surface area contributed by atoms with Gasteiger partial charge in [-0.05, 0) is 23.1 Å². The summed E-state index contributed by atoms with van der Waals surface area (Å²) in [4.78, 5) is 2.13. The predicted octanol–water partition coefficient (Wildman–Crippen LogP) is 2.96. The van der Waals surface area contributed by atoms with Gasteiger partial charge in [0.25, 0.3) is 0 Å². The first-order valence-electron chi connectivity index (χ1n) is 5.99. The average Bonchev–Trinajstić information content (AvgIpc) is 2.14. The van der Waals surface area contributed by atoms with Crippen LogP contribution in [0, 0.1) is 5.82 Å². The Morgan fingerprint density at radius 3 is 2.41 bits per heavy atom. The molecule has 1 fully saturated rings. The molecule has 2 rings (SSSR count). The van der Waals surface area contributed by atoms with Crippen LogP contribution in [0.1, 0.15) is 26.3 Å². The molecule has 1 aromatic carbocycles. The van der Waals surface area contributed by atoms with Crippen LogP contribution in [0.25, 0.3) is 0 Å². The van der Waals surface area contributed by atoms with Crippen molar-refractivity contribution in [2.45, 2.75) is 32.3 Å². The second-order valence-corrected chi connectivity index (χ2v) is 5.68. The summed E-state index contributed by atoms with van der Waals surface area (Å²) in [6.07, 6.45) is 0.292. The van der Waals surface area contributed by atoms with E-state index < -0.39 is 0 Å². The fraction of sp³-hybridized carbons (Fsp3) is 0.571. The summed E-state index contributed by atoms with van der Waals surface area (Å²) in [6.45, 7) is 7.77. The van der Waals surface area contributed by atoms with Crippen LogP contribution >= 0.6 is 0 Å². The minimum absolute atomic E-state index is 0.115. The number of methoxy groups -OCH3 is 1. The van der Waals surface area contributed by atoms with E-state index in [-0.39, 0.29) is 11.2 Å². The molecular formula is C14H20FNO. The van der Waals surface area contributed by atoms with Crippen molar-refractivity contribution in [1.82, 2.24) is 0 Å². The Morgan fingerprint density at radius 1 is 1.29 bits per heavy atom. The largest absolute Gasteiger partial charge is 0.378 e. The molecule has 0 N–H and O–H groups in total. The van der Waals surface area contributed by atoms with E-state index in [0.29, 0.717) is 6.10 Å². The molecule has 1 saturated heterocycles. The molecule has 0 amide bonds. The first-order valence-corrected chi connectivity index (χ1v) is 5.99. The average molecular weight is 237 g/mol. The highest BCUT2D eigenvalue weighted by Crippen LogP contribution is 2.30. The van der Waals surface area contributed by atoms with Crippen LogP contribution in [0.4, 0.5) is 10.1 Å². The van der Waals surface area contributed by atoms with Crippen molar-refractivity contribution in [3.8, 4) is 0 Å². The molecule has 1 heterocycles. The number of benzene rings is 1. The molecule has 94 valence electrons. The summed E-state index contributed by atoms with van der Waals surface area (Å²) >= 11 is 0. The third-order valence-electron chi connectivity index (χ3n) is 3.31. The Balaban J connectivity index is 2.15. The highest BCUT2D eigenvalue weighted by Gasteiger charge is 2.27. The van der Waals surface area contributed by atoms with Crippen molar-refractivity contribution < 1.29 is 9.13 Å². The molecule has 0 unspecified atom stereocenters. The molecule has 0 radical (unpaired) electrons. The number of nitrogens with zero attached hydrogens (tertiary/aromatic N) is 1. The smallest absolute Gasteiger partial charge is 0.128 e. The topological polar surface area (TPSA) is 12.5 Å². The molecule has 2 nitrogen and oxygen atoms in total. The van der Waals surface area contributed by atoms with Crippen LogP contribution in [0.3, 0.4) is 0 Å². The van der Waals surface area contributed by atoms with E-state index in [2.05, 4.69) is 4.90 Å². The van der Waals surface area contributed by atoms with E-state index in [9.17, 15) is 4.39 Å². The molecule has 3 heteroatoms. The zero-order valence-corrected chi connectivity index (χ0v) is 11.0. The third-order valence-corrected chi connectivity index (χ3v) is 3.31. The standard InChI is InChI=1S/C14H20FNO/c1-14(2,3)12-6-5-10(7-13(12)15)16-8-11(9-16)17-4/h5-7,11H,8-9H2,1-4H3. The highest BCUT2D eigenvalue weighted by molar-refractivity contribution is 5.51. The summed E-state index contributed by atoms with van der Waals surface area (Å²) in [7, 11) is 1.71. The van der Waals surface area contributed by atoms with E-state index in [0.717, 1.165) is 24.3 Å². The molecule has 17 heavy (non-hydrogen) atoms. The number of hydrogen-bond donors (Lipinski definition) is 0. The van der Waals surface area contributed by atoms with Gasteiger partial charge in [0.2, 0.25) is 0 Å². The van der Waals surface area contributed by atoms with Crippen LogP contribution in [0.5, 0.6) is 0 Å². The minimum Gasteiger partial charge on any atom is -0.378 e. The fourth-order valence-electron chi connectivity index (χ4n) is 2.11. The van der Waals surface area contributed by atoms with Crippen LogP contribution in [-0.2, 0) is 10.2 Å². The van der Waals surface area contributed by atoms with Gasteiger partial charge in [-0.2, -0.15) is 0 Å². The van der Waals surface area contributed by atoms with E-state index in [1.54, 1.807) is 13.2 Å². The van der Waals surface area contributed by atoms with Gasteiger partial charge in [-0.3, -0.25) is 0 Å². The SMILES string of the molecule is COC1CN(c2ccc(C(C)(C)C)c(F)c2)C1. The van der Waals surface area contributed by atoms with Gasteiger partial charge in [-0.25, -0.2) is 4.39 Å². The van der Waals surface area contributed by atoms with Crippen LogP contribution < -0.4 is 4.90 Å². The van der Waals surface area contributed by atoms with Gasteiger partial charge in [0.1, 0.15) is 5.82 Å². The zero-order valence-electron chi connectivity index (χ0n) is 11.0. The lowest BCUT2D eigenvalue weighted by Gasteiger charge is -2.40. The van der Waals surface area contributed by atoms with Crippen LogP contribution in [0.2, 0.25) is 0 Å². The Bertz CT molecular complexity index is 405. The number of ether oxygens (including phenoxy) is 1. The highest BCUT2D eigenvalue weighted by atomic mass is 19.1. The van der Waals surface area contributed by atoms with Crippen LogP contribution in [0.15, 0.2) is 18.2 Å². The van der Waals surface area contributed by atoms with Crippen molar-refractivity contribution >= 4 is 5.69 Å². The lowest BCUT2D eigenvalue weighted by molar-refractivity contribution is 0.0787. The molecular weight excluding hydrogens is 217 g/mol. The van der Waals surface area contributed by atoms with E-state index in [1.807, 2.05) is 32.9 Å². The van der Waals surface area contributed by atoms with E-state index in [1.165, 1.54) is 0 Å². The Kier molecular flexibility index (Phi) is 3.13. The molecule has 0 atom stereocenters. The Morgan fingerprint density at radius 2 is 1.94 bits per heavy atom. The van der Waals surface area contributed by atoms with Crippen molar-refractivity contribution in [2.24, 2.45) is 0 Å². The maximum Gasteiger partial charge on any atom is 0.128 e. The molecule has 1 aliphatic rings. The first-order chi connectivity index (χ1) is 7.91. The third kappa shape index (κ3) is 2.44. The monoisotopic (exact) mass is 237 g/mol. The molecule has 0 aliphatic carbocycles. The molecule has 0 spiro atoms. The van der Waals surface area contributed by atoms with E-state index in [4.69, 9.17) is 4.74 Å². The van der Waals surface area contributed by atoms with Crippen LogP contribution in [-0.4, -0.2) is 26.3 Å². The van der Waals surface area contributed by atoms with Crippen molar-refractivity contribution in [3.05, 3.63) is 29.6 Å². The number of hydrogen-bond acceptors (Lipinski definition) is 2. The van der Waals surface area contributed by atoms with Gasteiger partial charge >= 0.3 is 0 Å². The number of halogens is 1. The van der Waals surface area contributed by atoms with Crippen molar-refractivity contribution in [3.63, 3.8) is 0 Å². The minimum atomic E-state index is -0.146. The van der Waals surface area contributed by atoms with E-state index >= 15 is 0 Å². The number of rotatable bonds is 2. The quantitative estimate of drug-likeness (QED) is 0.784. The van der Waals surface area contributed by atoms with Gasteiger partial charge < -0.3 is 9.64 Å². The summed E-state index contributed by atoms with van der Waals surface area (Å²) in [5.41, 5.74) is 1.57. The summed E-state index contributed by atoms with van der Waals surface area (Å²) in [6, 6.07) is 5.52. The summed E-state index contributed by atoms with van der Waals surface area (Å²) in [5, 5.41) is 0. The first kappa shape index (κ1) is 12.4. The van der Waals surface area contributed by atoms with Gasteiger partial charge in [-0.1, -0.05) is 26.8 Å². The lowest BCUT2D eigenvalue weighted by atomic mass is 9.86. The molecule has 0 aromatic heterocycles. The lowest BCUT2D eigenvalue weighted by Crippen LogP contribution is -2.51. The molecule has 1 aromatic rings. The van der Waals surface area contributed by atoms with Crippen molar-refractivity contribution in [2.75, 3.05) is 25.1 Å². The fourth-order valence-corrected chi connectivity index (χ4v) is 2.11. The number of anilines is 1. The summed E-state index contributed by atoms with van der Waals surface area (Å²) < 4.78 is 19.2. The zero-order chi connectivity index (χ0) is 12.6. The molecule has 0 bridgehead atoms. The van der Waals surface area contributed by atoms with Crippen molar-refractivity contribution in [1.29, 1.82) is 0 Å². The summed E-state index contributed by atoms with van der Waals surface area (Å²) in [5.74, 6) is -0.115. The van der Waals surface area contributed by atoms with Gasteiger partial charge in [0.15, 0.2) is 0 Å². The van der Waals surface area contributed by atoms with Gasteiger partial charge in [-0.15, -0.1) is 0 Å².